The second-order valence-electron chi connectivity index (χ2n) is 7.14. The highest BCUT2D eigenvalue weighted by molar-refractivity contribution is 5.85. The first-order valence-electron chi connectivity index (χ1n) is 8.52. The Balaban J connectivity index is 2.65. The summed E-state index contributed by atoms with van der Waals surface area (Å²) in [6, 6.07) is 4.51. The topological polar surface area (TPSA) is 145 Å². The van der Waals surface area contributed by atoms with Gasteiger partial charge in [0.05, 0.1) is 11.3 Å². The number of rotatable bonds is 8. The van der Waals surface area contributed by atoms with E-state index in [4.69, 9.17) is 14.6 Å². The van der Waals surface area contributed by atoms with Crippen LogP contribution in [0.3, 0.4) is 0 Å². The van der Waals surface area contributed by atoms with E-state index in [0.717, 1.165) is 0 Å². The molecule has 1 unspecified atom stereocenters. The van der Waals surface area contributed by atoms with Crippen LogP contribution in [0.5, 0.6) is 0 Å². The zero-order chi connectivity index (χ0) is 21.5. The lowest BCUT2D eigenvalue weighted by Gasteiger charge is -2.21. The molecule has 0 aromatic heterocycles. The van der Waals surface area contributed by atoms with Gasteiger partial charge < -0.3 is 19.9 Å². The average Bonchev–Trinajstić information content (AvgIpc) is 2.57. The largest absolute Gasteiger partial charge is 0.480 e. The number of carboxylic acid groups (broad SMARTS) is 1. The first kappa shape index (κ1) is 22.9. The number of nitro groups is 1. The highest BCUT2D eigenvalue weighted by Crippen LogP contribution is 2.26. The van der Waals surface area contributed by atoms with Gasteiger partial charge in [0, 0.05) is 17.5 Å². The maximum Gasteiger partial charge on any atom is 0.407 e. The number of amides is 1. The van der Waals surface area contributed by atoms with Gasteiger partial charge in [0.1, 0.15) is 18.2 Å². The lowest BCUT2D eigenvalue weighted by Crippen LogP contribution is -2.43. The lowest BCUT2D eigenvalue weighted by atomic mass is 10.0. The van der Waals surface area contributed by atoms with Gasteiger partial charge in [-0.25, -0.2) is 9.59 Å². The summed E-state index contributed by atoms with van der Waals surface area (Å²) in [5.41, 5.74) is -0.517. The molecule has 0 aliphatic carbocycles. The summed E-state index contributed by atoms with van der Waals surface area (Å²) in [6.45, 7) is 6.31. The third-order valence-corrected chi connectivity index (χ3v) is 3.51. The quantitative estimate of drug-likeness (QED) is 0.387. The van der Waals surface area contributed by atoms with Gasteiger partial charge in [-0.1, -0.05) is 25.1 Å². The molecule has 0 fully saturated rings. The first-order chi connectivity index (χ1) is 12.9. The van der Waals surface area contributed by atoms with Crippen molar-refractivity contribution in [3.05, 3.63) is 39.9 Å². The number of nitrogens with one attached hydrogen (secondary N) is 1. The molecule has 0 aliphatic rings. The Hall–Kier alpha value is -3.17. The third kappa shape index (κ3) is 7.60. The van der Waals surface area contributed by atoms with Gasteiger partial charge >= 0.3 is 18.0 Å². The van der Waals surface area contributed by atoms with Crippen LogP contribution in [0.1, 0.15) is 45.6 Å². The average molecular weight is 396 g/mol. The number of esters is 1. The van der Waals surface area contributed by atoms with Crippen LogP contribution in [0.2, 0.25) is 0 Å². The molecule has 0 bridgehead atoms. The summed E-state index contributed by atoms with van der Waals surface area (Å²) in [5.74, 6) is -2.70. The van der Waals surface area contributed by atoms with Crippen LogP contribution < -0.4 is 5.32 Å². The smallest absolute Gasteiger partial charge is 0.407 e. The molecule has 0 radical (unpaired) electrons. The molecule has 1 amide bonds. The van der Waals surface area contributed by atoms with E-state index >= 15 is 0 Å². The van der Waals surface area contributed by atoms with Crippen molar-refractivity contribution in [1.29, 1.82) is 0 Å². The first-order valence-corrected chi connectivity index (χ1v) is 8.52. The third-order valence-electron chi connectivity index (χ3n) is 3.51. The predicted molar refractivity (Wildman–Crippen MR) is 97.9 cm³/mol. The van der Waals surface area contributed by atoms with Crippen LogP contribution in [0.15, 0.2) is 24.3 Å². The van der Waals surface area contributed by atoms with Gasteiger partial charge in [-0.2, -0.15) is 0 Å². The normalized spacial score (nSPS) is 13.1. The Morgan fingerprint density at radius 1 is 1.25 bits per heavy atom. The van der Waals surface area contributed by atoms with Gasteiger partial charge in [0.2, 0.25) is 0 Å². The van der Waals surface area contributed by atoms with Crippen molar-refractivity contribution in [1.82, 2.24) is 5.32 Å². The molecule has 0 saturated heterocycles. The number of hydrogen-bond acceptors (Lipinski definition) is 7. The van der Waals surface area contributed by atoms with Crippen molar-refractivity contribution in [3.8, 4) is 0 Å². The van der Waals surface area contributed by atoms with E-state index in [1.165, 1.54) is 12.1 Å². The van der Waals surface area contributed by atoms with E-state index in [1.54, 1.807) is 39.8 Å². The molecule has 2 atom stereocenters. The van der Waals surface area contributed by atoms with Gasteiger partial charge in [0.25, 0.3) is 5.69 Å². The van der Waals surface area contributed by atoms with Crippen LogP contribution in [-0.4, -0.2) is 46.3 Å². The van der Waals surface area contributed by atoms with Crippen molar-refractivity contribution in [2.24, 2.45) is 0 Å². The number of nitrogens with zero attached hydrogens (tertiary/aromatic N) is 1. The minimum absolute atomic E-state index is 0.104. The summed E-state index contributed by atoms with van der Waals surface area (Å²) in [6.07, 6.45) is -1.62. The van der Waals surface area contributed by atoms with Crippen molar-refractivity contribution < 1.29 is 33.9 Å². The maximum absolute atomic E-state index is 11.9. The fourth-order valence-electron chi connectivity index (χ4n) is 2.29. The van der Waals surface area contributed by atoms with Crippen LogP contribution in [-0.2, 0) is 19.1 Å². The Labute approximate surface area is 162 Å². The van der Waals surface area contributed by atoms with Crippen molar-refractivity contribution >= 4 is 23.7 Å². The number of nitro benzene ring substituents is 1. The zero-order valence-electron chi connectivity index (χ0n) is 16.1. The van der Waals surface area contributed by atoms with Crippen LogP contribution in [0, 0.1) is 10.1 Å². The van der Waals surface area contributed by atoms with Gasteiger partial charge in [-0.15, -0.1) is 0 Å². The number of benzene rings is 1. The lowest BCUT2D eigenvalue weighted by molar-refractivity contribution is -0.385. The van der Waals surface area contributed by atoms with Crippen LogP contribution in [0.4, 0.5) is 10.5 Å². The summed E-state index contributed by atoms with van der Waals surface area (Å²) >= 11 is 0. The van der Waals surface area contributed by atoms with Crippen LogP contribution in [0.25, 0.3) is 0 Å². The van der Waals surface area contributed by atoms with Crippen LogP contribution >= 0.6 is 0 Å². The molecule has 0 spiro atoms. The fourth-order valence-corrected chi connectivity index (χ4v) is 2.29. The molecule has 154 valence electrons. The van der Waals surface area contributed by atoms with E-state index in [-0.39, 0.29) is 12.3 Å². The molecule has 1 aromatic carbocycles. The summed E-state index contributed by atoms with van der Waals surface area (Å²) < 4.78 is 10.0. The second-order valence-corrected chi connectivity index (χ2v) is 7.14. The Bertz CT molecular complexity index is 741. The second kappa shape index (κ2) is 9.67. The van der Waals surface area contributed by atoms with Gasteiger partial charge in [-0.05, 0) is 20.8 Å². The number of ether oxygens (including phenoxy) is 2. The standard InChI is InChI=1S/C18H24N2O8/c1-11(12-7-5-6-8-14(12)20(25)26)10-27-17(24)19-13(16(22)23)9-15(21)28-18(2,3)4/h5-8,11,13H,9-10H2,1-4H3,(H,19,24)(H,22,23)/t11?,13-/m0/s1. The van der Waals surface area contributed by atoms with E-state index in [0.29, 0.717) is 5.56 Å². The minimum Gasteiger partial charge on any atom is -0.480 e. The number of carbonyl (C=O) groups is 3. The summed E-state index contributed by atoms with van der Waals surface area (Å²) in [5, 5.41) is 22.3. The molecule has 0 aliphatic heterocycles. The number of hydrogen-bond donors (Lipinski definition) is 2. The molecule has 0 heterocycles. The Morgan fingerprint density at radius 3 is 2.39 bits per heavy atom. The molecule has 10 nitrogen and oxygen atoms in total. The van der Waals surface area contributed by atoms with Crippen molar-refractivity contribution in [3.63, 3.8) is 0 Å². The molecule has 1 rings (SSSR count). The molecular weight excluding hydrogens is 372 g/mol. The number of carbonyl (C=O) groups excluding carboxylic acids is 2. The number of carboxylic acids is 1. The van der Waals surface area contributed by atoms with E-state index in [9.17, 15) is 24.5 Å². The highest BCUT2D eigenvalue weighted by Gasteiger charge is 2.27. The summed E-state index contributed by atoms with van der Waals surface area (Å²) in [7, 11) is 0. The summed E-state index contributed by atoms with van der Waals surface area (Å²) in [4.78, 5) is 45.5. The molecule has 10 heteroatoms. The SMILES string of the molecule is CC(COC(=O)N[C@@H](CC(=O)OC(C)(C)C)C(=O)O)c1ccccc1[N+](=O)[O-]. The van der Waals surface area contributed by atoms with Gasteiger partial charge in [-0.3, -0.25) is 14.9 Å². The maximum atomic E-state index is 11.9. The molecular formula is C18H24N2O8. The van der Waals surface area contributed by atoms with E-state index < -0.39 is 46.9 Å². The van der Waals surface area contributed by atoms with Crippen molar-refractivity contribution in [2.75, 3.05) is 6.61 Å². The monoisotopic (exact) mass is 396 g/mol. The van der Waals surface area contributed by atoms with Gasteiger partial charge in [0.15, 0.2) is 0 Å². The predicted octanol–water partition coefficient (Wildman–Crippen LogP) is 2.61. The Kier molecular flexibility index (Phi) is 7.90. The zero-order valence-corrected chi connectivity index (χ0v) is 16.1. The van der Waals surface area contributed by atoms with E-state index in [2.05, 4.69) is 5.32 Å². The minimum atomic E-state index is -1.52. The molecule has 2 N–H and O–H groups in total. The number of aliphatic carboxylic acids is 1. The fraction of sp³-hybridized carbons (Fsp3) is 0.500. The van der Waals surface area contributed by atoms with E-state index in [1.807, 2.05) is 0 Å². The number of para-hydroxylation sites is 1. The molecule has 0 saturated carbocycles. The Morgan fingerprint density at radius 2 is 1.86 bits per heavy atom. The number of alkyl carbamates (subject to hydrolysis) is 1. The molecule has 28 heavy (non-hydrogen) atoms. The highest BCUT2D eigenvalue weighted by atomic mass is 16.6. The molecule has 1 aromatic rings. The van der Waals surface area contributed by atoms with Crippen molar-refractivity contribution in [2.45, 2.75) is 51.7 Å².